The van der Waals surface area contributed by atoms with Crippen molar-refractivity contribution in [1.82, 2.24) is 0 Å². The lowest BCUT2D eigenvalue weighted by Gasteiger charge is -2.12. The van der Waals surface area contributed by atoms with Crippen molar-refractivity contribution in [2.45, 2.75) is 18.7 Å². The molecule has 0 radical (unpaired) electrons. The van der Waals surface area contributed by atoms with Crippen LogP contribution in [0.15, 0.2) is 47.4 Å². The predicted molar refractivity (Wildman–Crippen MR) is 85.9 cm³/mol. The van der Waals surface area contributed by atoms with Gasteiger partial charge >= 0.3 is 0 Å². The van der Waals surface area contributed by atoms with Gasteiger partial charge in [0.2, 0.25) is 0 Å². The molecule has 0 aliphatic rings. The van der Waals surface area contributed by atoms with Crippen LogP contribution in [0.5, 0.6) is 0 Å². The van der Waals surface area contributed by atoms with Gasteiger partial charge in [-0.2, -0.15) is 0 Å². The van der Waals surface area contributed by atoms with E-state index in [1.807, 2.05) is 37.3 Å². The Kier molecular flexibility index (Phi) is 4.15. The van der Waals surface area contributed by atoms with E-state index in [1.165, 1.54) is 0 Å². The molecule has 0 heterocycles. The molecule has 0 amide bonds. The van der Waals surface area contributed by atoms with Gasteiger partial charge in [0.15, 0.2) is 0 Å². The van der Waals surface area contributed by atoms with E-state index in [0.29, 0.717) is 10.6 Å². The lowest BCUT2D eigenvalue weighted by Crippen LogP contribution is -2.15. The second-order valence-electron chi connectivity index (χ2n) is 4.35. The van der Waals surface area contributed by atoms with Gasteiger partial charge in [0, 0.05) is 3.57 Å². The minimum absolute atomic E-state index is 0.326. The monoisotopic (exact) mass is 387 g/mol. The highest BCUT2D eigenvalue weighted by Gasteiger charge is 2.17. The summed E-state index contributed by atoms with van der Waals surface area (Å²) in [5.41, 5.74) is 2.27. The van der Waals surface area contributed by atoms with Crippen molar-refractivity contribution in [2.24, 2.45) is 0 Å². The smallest absolute Gasteiger partial charge is 0.262 e. The van der Waals surface area contributed by atoms with Gasteiger partial charge in [0.1, 0.15) is 0 Å². The maximum Gasteiger partial charge on any atom is 0.262 e. The summed E-state index contributed by atoms with van der Waals surface area (Å²) in [6, 6.07) is 12.7. The van der Waals surface area contributed by atoms with Crippen LogP contribution in [0.25, 0.3) is 0 Å². The van der Waals surface area contributed by atoms with Gasteiger partial charge in [0.25, 0.3) is 10.0 Å². The Morgan fingerprint density at radius 3 is 2.42 bits per heavy atom. The summed E-state index contributed by atoms with van der Waals surface area (Å²) in [6.45, 7) is 3.68. The number of sulfonamides is 1. The molecule has 0 atom stereocenters. The zero-order valence-corrected chi connectivity index (χ0v) is 13.6. The summed E-state index contributed by atoms with van der Waals surface area (Å²) < 4.78 is 28.3. The minimum atomic E-state index is -3.54. The second kappa shape index (κ2) is 5.50. The van der Waals surface area contributed by atoms with Crippen LogP contribution in [-0.4, -0.2) is 8.42 Å². The van der Waals surface area contributed by atoms with Crippen LogP contribution >= 0.6 is 22.6 Å². The van der Waals surface area contributed by atoms with Crippen molar-refractivity contribution in [3.05, 3.63) is 57.2 Å². The molecule has 2 aromatic carbocycles. The van der Waals surface area contributed by atoms with Crippen LogP contribution in [-0.2, 0) is 10.0 Å². The molecular formula is C14H14INO2S. The minimum Gasteiger partial charge on any atom is -0.279 e. The van der Waals surface area contributed by atoms with Gasteiger partial charge in [-0.3, -0.25) is 4.72 Å². The van der Waals surface area contributed by atoms with Crippen LogP contribution < -0.4 is 4.72 Å². The molecule has 0 unspecified atom stereocenters. The first-order valence-corrected chi connectivity index (χ1v) is 8.31. The molecule has 2 rings (SSSR count). The number of benzene rings is 2. The highest BCUT2D eigenvalue weighted by atomic mass is 127. The lowest BCUT2D eigenvalue weighted by atomic mass is 10.2. The number of hydrogen-bond acceptors (Lipinski definition) is 2. The Morgan fingerprint density at radius 1 is 1.05 bits per heavy atom. The van der Waals surface area contributed by atoms with Crippen LogP contribution in [0.3, 0.4) is 0 Å². The Hall–Kier alpha value is -1.08. The fourth-order valence-corrected chi connectivity index (χ4v) is 3.86. The van der Waals surface area contributed by atoms with E-state index in [9.17, 15) is 8.42 Å². The Bertz CT molecular complexity index is 711. The first-order valence-electron chi connectivity index (χ1n) is 5.75. The maximum atomic E-state index is 12.4. The summed E-state index contributed by atoms with van der Waals surface area (Å²) in [5, 5.41) is 0. The molecule has 0 spiro atoms. The van der Waals surface area contributed by atoms with Crippen molar-refractivity contribution < 1.29 is 8.42 Å². The van der Waals surface area contributed by atoms with Crippen LogP contribution in [0, 0.1) is 17.4 Å². The third-order valence-electron chi connectivity index (χ3n) is 2.75. The number of rotatable bonds is 3. The van der Waals surface area contributed by atoms with Crippen molar-refractivity contribution >= 4 is 38.3 Å². The van der Waals surface area contributed by atoms with Crippen molar-refractivity contribution in [3.8, 4) is 0 Å². The molecule has 100 valence electrons. The van der Waals surface area contributed by atoms with Crippen molar-refractivity contribution in [2.75, 3.05) is 4.72 Å². The first kappa shape index (κ1) is 14.3. The maximum absolute atomic E-state index is 12.4. The van der Waals surface area contributed by atoms with E-state index < -0.39 is 10.0 Å². The fourth-order valence-electron chi connectivity index (χ4n) is 1.74. The van der Waals surface area contributed by atoms with Crippen molar-refractivity contribution in [3.63, 3.8) is 0 Å². The normalized spacial score (nSPS) is 11.3. The number of hydrogen-bond donors (Lipinski definition) is 1. The summed E-state index contributed by atoms with van der Waals surface area (Å²) in [6.07, 6.45) is 0. The highest BCUT2D eigenvalue weighted by Crippen LogP contribution is 2.23. The van der Waals surface area contributed by atoms with Gasteiger partial charge in [-0.1, -0.05) is 24.3 Å². The molecule has 1 N–H and O–H groups in total. The standard InChI is InChI=1S/C14H14INO2S/c1-10-7-8-11(2)14(9-10)19(17,18)16-13-6-4-3-5-12(13)15/h3-9,16H,1-2H3. The van der Waals surface area contributed by atoms with Gasteiger partial charge in [0.05, 0.1) is 10.6 Å². The number of anilines is 1. The molecule has 0 aliphatic heterocycles. The van der Waals surface area contributed by atoms with Crippen molar-refractivity contribution in [1.29, 1.82) is 0 Å². The third kappa shape index (κ3) is 3.27. The van der Waals surface area contributed by atoms with Gasteiger partial charge in [-0.05, 0) is 65.8 Å². The summed E-state index contributed by atoms with van der Waals surface area (Å²) in [5.74, 6) is 0. The molecule has 0 fully saturated rings. The van der Waals surface area contributed by atoms with E-state index in [1.54, 1.807) is 19.1 Å². The van der Waals surface area contributed by atoms with E-state index in [2.05, 4.69) is 27.3 Å². The third-order valence-corrected chi connectivity index (χ3v) is 5.20. The molecule has 0 saturated carbocycles. The quantitative estimate of drug-likeness (QED) is 0.817. The summed E-state index contributed by atoms with van der Waals surface area (Å²) >= 11 is 2.11. The van der Waals surface area contributed by atoms with Crippen LogP contribution in [0.2, 0.25) is 0 Å². The first-order chi connectivity index (χ1) is 8.90. The average molecular weight is 387 g/mol. The predicted octanol–water partition coefficient (Wildman–Crippen LogP) is 3.71. The highest BCUT2D eigenvalue weighted by molar-refractivity contribution is 14.1. The molecule has 19 heavy (non-hydrogen) atoms. The molecule has 2 aromatic rings. The van der Waals surface area contributed by atoms with E-state index >= 15 is 0 Å². The van der Waals surface area contributed by atoms with Gasteiger partial charge in [-0.15, -0.1) is 0 Å². The lowest BCUT2D eigenvalue weighted by molar-refractivity contribution is 0.600. The number of aryl methyl sites for hydroxylation is 2. The SMILES string of the molecule is Cc1ccc(C)c(S(=O)(=O)Nc2ccccc2I)c1. The second-order valence-corrected chi connectivity index (χ2v) is 7.17. The Labute approximate surface area is 127 Å². The number of halogens is 1. The Morgan fingerprint density at radius 2 is 1.74 bits per heavy atom. The van der Waals surface area contributed by atoms with E-state index in [0.717, 1.165) is 14.7 Å². The fraction of sp³-hybridized carbons (Fsp3) is 0.143. The molecule has 0 aliphatic carbocycles. The van der Waals surface area contributed by atoms with E-state index in [4.69, 9.17) is 0 Å². The van der Waals surface area contributed by atoms with E-state index in [-0.39, 0.29) is 0 Å². The molecule has 3 nitrogen and oxygen atoms in total. The average Bonchev–Trinajstić information content (AvgIpc) is 2.35. The zero-order chi connectivity index (χ0) is 14.0. The Balaban J connectivity index is 2.44. The molecular weight excluding hydrogens is 373 g/mol. The van der Waals surface area contributed by atoms with Crippen LogP contribution in [0.1, 0.15) is 11.1 Å². The summed E-state index contributed by atoms with van der Waals surface area (Å²) in [4.78, 5) is 0.326. The van der Waals surface area contributed by atoms with Gasteiger partial charge < -0.3 is 0 Å². The zero-order valence-electron chi connectivity index (χ0n) is 10.6. The molecule has 5 heteroatoms. The molecule has 0 aromatic heterocycles. The van der Waals surface area contributed by atoms with Gasteiger partial charge in [-0.25, -0.2) is 8.42 Å². The van der Waals surface area contributed by atoms with Crippen LogP contribution in [0.4, 0.5) is 5.69 Å². The molecule has 0 saturated heterocycles. The topological polar surface area (TPSA) is 46.2 Å². The number of nitrogens with one attached hydrogen (secondary N) is 1. The number of para-hydroxylation sites is 1. The summed E-state index contributed by atoms with van der Waals surface area (Å²) in [7, 11) is -3.54. The molecule has 0 bridgehead atoms. The largest absolute Gasteiger partial charge is 0.279 e.